The summed E-state index contributed by atoms with van der Waals surface area (Å²) >= 11 is 0. The smallest absolute Gasteiger partial charge is 0.229 e. The van der Waals surface area contributed by atoms with E-state index >= 15 is 0 Å². The normalized spacial score (nSPS) is 20.4. The molecule has 6 nitrogen and oxygen atoms in total. The van der Waals surface area contributed by atoms with Crippen LogP contribution in [0.5, 0.6) is 0 Å². The minimum atomic E-state index is 0.514. The topological polar surface area (TPSA) is 75.3 Å². The summed E-state index contributed by atoms with van der Waals surface area (Å²) in [7, 11) is 1.77. The van der Waals surface area contributed by atoms with Crippen molar-refractivity contribution in [3.05, 3.63) is 11.7 Å². The highest BCUT2D eigenvalue weighted by Gasteiger charge is 2.29. The molecule has 0 saturated heterocycles. The second-order valence-corrected chi connectivity index (χ2v) is 4.67. The van der Waals surface area contributed by atoms with Crippen LogP contribution in [-0.4, -0.2) is 29.2 Å². The molecule has 0 spiro atoms. The third-order valence-electron chi connectivity index (χ3n) is 2.97. The highest BCUT2D eigenvalue weighted by Crippen LogP contribution is 2.38. The highest BCUT2D eigenvalue weighted by molar-refractivity contribution is 5.80. The van der Waals surface area contributed by atoms with Crippen molar-refractivity contribution in [3.8, 4) is 0 Å². The molecule has 0 bridgehead atoms. The lowest BCUT2D eigenvalue weighted by Gasteiger charge is -2.08. The van der Waals surface area contributed by atoms with E-state index in [1.54, 1.807) is 7.05 Å². The molecule has 17 heavy (non-hydrogen) atoms. The third kappa shape index (κ3) is 2.75. The first kappa shape index (κ1) is 10.6. The first-order chi connectivity index (χ1) is 8.35. The number of hydrogen-bond donors (Lipinski definition) is 2. The van der Waals surface area contributed by atoms with E-state index in [1.165, 1.54) is 25.7 Å². The molecular weight excluding hydrogens is 218 g/mol. The molecule has 2 aliphatic carbocycles. The Hall–Kier alpha value is -1.59. The van der Waals surface area contributed by atoms with Crippen molar-refractivity contribution < 1.29 is 4.52 Å². The van der Waals surface area contributed by atoms with Gasteiger partial charge >= 0.3 is 0 Å². The van der Waals surface area contributed by atoms with Gasteiger partial charge in [-0.1, -0.05) is 5.16 Å². The summed E-state index contributed by atoms with van der Waals surface area (Å²) in [6.45, 7) is 0.558. The zero-order valence-electron chi connectivity index (χ0n) is 9.94. The van der Waals surface area contributed by atoms with Crippen LogP contribution in [-0.2, 0) is 6.54 Å². The molecule has 2 fully saturated rings. The Labute approximate surface area is 99.9 Å². The van der Waals surface area contributed by atoms with Crippen molar-refractivity contribution in [2.45, 2.75) is 44.2 Å². The molecule has 0 unspecified atom stereocenters. The van der Waals surface area contributed by atoms with Crippen LogP contribution in [0.1, 0.15) is 43.3 Å². The fourth-order valence-electron chi connectivity index (χ4n) is 1.61. The van der Waals surface area contributed by atoms with E-state index in [0.717, 1.165) is 11.9 Å². The van der Waals surface area contributed by atoms with Crippen molar-refractivity contribution in [2.24, 2.45) is 4.99 Å². The molecular formula is C11H17N5O. The van der Waals surface area contributed by atoms with Gasteiger partial charge in [0.15, 0.2) is 11.8 Å². The number of nitrogens with one attached hydrogen (secondary N) is 2. The van der Waals surface area contributed by atoms with Crippen LogP contribution in [0.3, 0.4) is 0 Å². The van der Waals surface area contributed by atoms with Gasteiger partial charge in [0.05, 0.1) is 6.54 Å². The van der Waals surface area contributed by atoms with E-state index in [-0.39, 0.29) is 0 Å². The van der Waals surface area contributed by atoms with Gasteiger partial charge in [0, 0.05) is 19.0 Å². The zero-order valence-corrected chi connectivity index (χ0v) is 9.94. The number of guanidine groups is 1. The second kappa shape index (κ2) is 4.35. The fourth-order valence-corrected chi connectivity index (χ4v) is 1.61. The van der Waals surface area contributed by atoms with E-state index in [1.807, 2.05) is 0 Å². The molecule has 0 amide bonds. The van der Waals surface area contributed by atoms with Crippen molar-refractivity contribution in [1.29, 1.82) is 0 Å². The van der Waals surface area contributed by atoms with Crippen molar-refractivity contribution in [1.82, 2.24) is 20.8 Å². The van der Waals surface area contributed by atoms with Gasteiger partial charge in [-0.25, -0.2) is 0 Å². The van der Waals surface area contributed by atoms with E-state index in [4.69, 9.17) is 4.52 Å². The summed E-state index contributed by atoms with van der Waals surface area (Å²) in [6, 6.07) is 0.591. The summed E-state index contributed by atoms with van der Waals surface area (Å²) < 4.78 is 5.19. The first-order valence-corrected chi connectivity index (χ1v) is 6.15. The SMILES string of the molecule is CN=C(NCc1noc(C2CC2)n1)NC1CC1. The number of nitrogens with zero attached hydrogens (tertiary/aromatic N) is 3. The molecule has 1 aromatic heterocycles. The van der Waals surface area contributed by atoms with E-state index in [9.17, 15) is 0 Å². The Bertz CT molecular complexity index is 419. The summed E-state index contributed by atoms with van der Waals surface area (Å²) in [4.78, 5) is 8.50. The van der Waals surface area contributed by atoms with Gasteiger partial charge < -0.3 is 15.2 Å². The molecule has 0 atom stereocenters. The summed E-state index contributed by atoms with van der Waals surface area (Å²) in [6.07, 6.45) is 4.82. The maximum absolute atomic E-state index is 5.19. The molecule has 0 aromatic carbocycles. The maximum atomic E-state index is 5.19. The maximum Gasteiger partial charge on any atom is 0.229 e. The minimum absolute atomic E-state index is 0.514. The largest absolute Gasteiger partial charge is 0.354 e. The standard InChI is InChI=1S/C11H17N5O/c1-12-11(14-8-4-5-8)13-6-9-15-10(17-16-9)7-2-3-7/h7-8H,2-6H2,1H3,(H2,12,13,14). The van der Waals surface area contributed by atoms with Crippen molar-refractivity contribution >= 4 is 5.96 Å². The van der Waals surface area contributed by atoms with Gasteiger partial charge in [-0.05, 0) is 25.7 Å². The average Bonchev–Trinajstić information content (AvgIpc) is 3.26. The number of hydrogen-bond acceptors (Lipinski definition) is 4. The number of aliphatic imine (C=N–C) groups is 1. The fraction of sp³-hybridized carbons (Fsp3) is 0.727. The molecule has 2 N–H and O–H groups in total. The number of aromatic nitrogens is 2. The molecule has 3 rings (SSSR count). The van der Waals surface area contributed by atoms with Crippen LogP contribution in [0, 0.1) is 0 Å². The molecule has 2 saturated carbocycles. The molecule has 0 aliphatic heterocycles. The summed E-state index contributed by atoms with van der Waals surface area (Å²) in [5, 5.41) is 10.4. The van der Waals surface area contributed by atoms with Gasteiger partial charge in [-0.15, -0.1) is 0 Å². The van der Waals surface area contributed by atoms with Crippen molar-refractivity contribution in [3.63, 3.8) is 0 Å². The molecule has 1 heterocycles. The average molecular weight is 235 g/mol. The Kier molecular flexibility index (Phi) is 2.70. The Morgan fingerprint density at radius 3 is 2.88 bits per heavy atom. The third-order valence-corrected chi connectivity index (χ3v) is 2.97. The lowest BCUT2D eigenvalue weighted by Crippen LogP contribution is -2.38. The Morgan fingerprint density at radius 1 is 1.41 bits per heavy atom. The lowest BCUT2D eigenvalue weighted by molar-refractivity contribution is 0.373. The molecule has 0 radical (unpaired) electrons. The van der Waals surface area contributed by atoms with Crippen LogP contribution in [0.15, 0.2) is 9.52 Å². The first-order valence-electron chi connectivity index (χ1n) is 6.15. The quantitative estimate of drug-likeness (QED) is 0.595. The van der Waals surface area contributed by atoms with Crippen LogP contribution in [0.2, 0.25) is 0 Å². The molecule has 1 aromatic rings. The van der Waals surface area contributed by atoms with Crippen molar-refractivity contribution in [2.75, 3.05) is 7.05 Å². The molecule has 2 aliphatic rings. The van der Waals surface area contributed by atoms with Crippen LogP contribution >= 0.6 is 0 Å². The van der Waals surface area contributed by atoms with Gasteiger partial charge in [0.25, 0.3) is 0 Å². The van der Waals surface area contributed by atoms with Crippen LogP contribution in [0.25, 0.3) is 0 Å². The van der Waals surface area contributed by atoms with Gasteiger partial charge in [-0.3, -0.25) is 4.99 Å². The monoisotopic (exact) mass is 235 g/mol. The Morgan fingerprint density at radius 2 is 2.24 bits per heavy atom. The van der Waals surface area contributed by atoms with Gasteiger partial charge in [0.2, 0.25) is 5.89 Å². The minimum Gasteiger partial charge on any atom is -0.354 e. The van der Waals surface area contributed by atoms with Gasteiger partial charge in [0.1, 0.15) is 0 Å². The van der Waals surface area contributed by atoms with Gasteiger partial charge in [-0.2, -0.15) is 4.98 Å². The predicted molar refractivity (Wildman–Crippen MR) is 62.6 cm³/mol. The van der Waals surface area contributed by atoms with E-state index in [2.05, 4.69) is 25.8 Å². The Balaban J connectivity index is 1.50. The van der Waals surface area contributed by atoms with E-state index in [0.29, 0.717) is 24.3 Å². The summed E-state index contributed by atoms with van der Waals surface area (Å²) in [5.74, 6) is 2.81. The second-order valence-electron chi connectivity index (χ2n) is 4.67. The van der Waals surface area contributed by atoms with E-state index < -0.39 is 0 Å². The number of rotatable bonds is 4. The molecule has 6 heteroatoms. The van der Waals surface area contributed by atoms with Crippen LogP contribution in [0.4, 0.5) is 0 Å². The zero-order chi connectivity index (χ0) is 11.7. The lowest BCUT2D eigenvalue weighted by atomic mass is 10.4. The molecule has 92 valence electrons. The summed E-state index contributed by atoms with van der Waals surface area (Å²) in [5.41, 5.74) is 0. The van der Waals surface area contributed by atoms with Crippen LogP contribution < -0.4 is 10.6 Å². The highest BCUT2D eigenvalue weighted by atomic mass is 16.5. The predicted octanol–water partition coefficient (Wildman–Crippen LogP) is 0.774.